The zero-order valence-electron chi connectivity index (χ0n) is 9.68. The molecular weight excluding hydrogens is 174 g/mol. The maximum Gasteiger partial charge on any atom is 0.0657 e. The minimum atomic E-state index is 0.428. The summed E-state index contributed by atoms with van der Waals surface area (Å²) >= 11 is 0. The molecule has 0 aromatic rings. The average Bonchev–Trinajstić information content (AvgIpc) is 2.97. The van der Waals surface area contributed by atoms with Gasteiger partial charge in [-0.2, -0.15) is 0 Å². The lowest BCUT2D eigenvalue weighted by molar-refractivity contribution is -0.124. The molecule has 0 aromatic heterocycles. The number of rotatable bonds is 5. The Kier molecular flexibility index (Phi) is 2.85. The van der Waals surface area contributed by atoms with E-state index in [2.05, 4.69) is 19.2 Å². The van der Waals surface area contributed by atoms with Gasteiger partial charge in [0.15, 0.2) is 0 Å². The number of methoxy groups -OCH3 is 1. The Morgan fingerprint density at radius 3 is 2.36 bits per heavy atom. The van der Waals surface area contributed by atoms with Crippen LogP contribution in [0, 0.1) is 5.41 Å². The van der Waals surface area contributed by atoms with Crippen LogP contribution in [-0.4, -0.2) is 25.3 Å². The zero-order chi connectivity index (χ0) is 10.2. The van der Waals surface area contributed by atoms with Crippen molar-refractivity contribution >= 4 is 0 Å². The Bertz CT molecular complexity index is 196. The minimum absolute atomic E-state index is 0.428. The van der Waals surface area contributed by atoms with Gasteiger partial charge in [0, 0.05) is 24.6 Å². The van der Waals surface area contributed by atoms with E-state index >= 15 is 0 Å². The van der Waals surface area contributed by atoms with E-state index in [9.17, 15) is 0 Å². The van der Waals surface area contributed by atoms with Gasteiger partial charge in [-0.05, 0) is 32.1 Å². The monoisotopic (exact) mass is 197 g/mol. The summed E-state index contributed by atoms with van der Waals surface area (Å²) in [5, 5.41) is 3.77. The van der Waals surface area contributed by atoms with Gasteiger partial charge in [0.05, 0.1) is 6.10 Å². The molecule has 0 heterocycles. The lowest BCUT2D eigenvalue weighted by atomic mass is 9.58. The molecule has 2 aliphatic rings. The summed E-state index contributed by atoms with van der Waals surface area (Å²) in [6, 6.07) is 1.55. The molecule has 2 aliphatic carbocycles. The van der Waals surface area contributed by atoms with E-state index < -0.39 is 0 Å². The molecular formula is C12H23NO. The lowest BCUT2D eigenvalue weighted by Crippen LogP contribution is -2.63. The van der Waals surface area contributed by atoms with Gasteiger partial charge in [-0.1, -0.05) is 13.8 Å². The maximum atomic E-state index is 5.58. The number of hydrogen-bond acceptors (Lipinski definition) is 2. The summed E-state index contributed by atoms with van der Waals surface area (Å²) in [5.41, 5.74) is 0.428. The average molecular weight is 197 g/mol. The van der Waals surface area contributed by atoms with Crippen molar-refractivity contribution in [2.45, 2.75) is 64.1 Å². The number of ether oxygens (including phenoxy) is 1. The molecule has 0 spiro atoms. The first-order valence-electron chi connectivity index (χ1n) is 6.05. The molecule has 14 heavy (non-hydrogen) atoms. The first kappa shape index (κ1) is 10.4. The predicted octanol–water partition coefficient (Wildman–Crippen LogP) is 2.33. The maximum absolute atomic E-state index is 5.58. The molecule has 0 bridgehead atoms. The van der Waals surface area contributed by atoms with Crippen molar-refractivity contribution in [1.29, 1.82) is 0 Å². The molecule has 0 saturated heterocycles. The van der Waals surface area contributed by atoms with Crippen molar-refractivity contribution in [1.82, 2.24) is 5.32 Å². The fraction of sp³-hybridized carbons (Fsp3) is 1.00. The summed E-state index contributed by atoms with van der Waals surface area (Å²) in [7, 11) is 1.86. The molecule has 0 radical (unpaired) electrons. The van der Waals surface area contributed by atoms with Gasteiger partial charge in [-0.25, -0.2) is 0 Å². The Labute approximate surface area is 87.4 Å². The quantitative estimate of drug-likeness (QED) is 0.730. The first-order valence-corrected chi connectivity index (χ1v) is 6.05. The standard InChI is InChI=1S/C12H23NO/c1-4-12(5-2)10(8-11(12)14-3)13-9-6-7-9/h9-11,13H,4-8H2,1-3H3. The molecule has 2 unspecified atom stereocenters. The van der Waals surface area contributed by atoms with Gasteiger partial charge < -0.3 is 10.1 Å². The predicted molar refractivity (Wildman–Crippen MR) is 58.4 cm³/mol. The third-order valence-corrected chi connectivity index (χ3v) is 4.40. The highest BCUT2D eigenvalue weighted by molar-refractivity contribution is 5.08. The Balaban J connectivity index is 1.97. The highest BCUT2D eigenvalue weighted by atomic mass is 16.5. The van der Waals surface area contributed by atoms with Crippen molar-refractivity contribution in [2.24, 2.45) is 5.41 Å². The van der Waals surface area contributed by atoms with E-state index in [1.54, 1.807) is 0 Å². The Morgan fingerprint density at radius 2 is 1.93 bits per heavy atom. The largest absolute Gasteiger partial charge is 0.381 e. The number of hydrogen-bond donors (Lipinski definition) is 1. The molecule has 0 aromatic carbocycles. The van der Waals surface area contributed by atoms with E-state index in [1.807, 2.05) is 7.11 Å². The van der Waals surface area contributed by atoms with Crippen LogP contribution in [0.5, 0.6) is 0 Å². The zero-order valence-corrected chi connectivity index (χ0v) is 9.68. The molecule has 2 atom stereocenters. The molecule has 2 rings (SSSR count). The fourth-order valence-corrected chi connectivity index (χ4v) is 3.04. The van der Waals surface area contributed by atoms with Crippen molar-refractivity contribution in [3.05, 3.63) is 0 Å². The van der Waals surface area contributed by atoms with E-state index in [1.165, 1.54) is 32.1 Å². The second kappa shape index (κ2) is 3.82. The van der Waals surface area contributed by atoms with E-state index in [4.69, 9.17) is 4.74 Å². The SMILES string of the molecule is CCC1(CC)C(NC2CC2)CC1OC. The van der Waals surface area contributed by atoms with Crippen LogP contribution in [0.15, 0.2) is 0 Å². The first-order chi connectivity index (χ1) is 6.76. The molecule has 82 valence electrons. The van der Waals surface area contributed by atoms with E-state index in [0.29, 0.717) is 11.5 Å². The van der Waals surface area contributed by atoms with Crippen LogP contribution < -0.4 is 5.32 Å². The third kappa shape index (κ3) is 1.49. The minimum Gasteiger partial charge on any atom is -0.381 e. The molecule has 2 heteroatoms. The Morgan fingerprint density at radius 1 is 1.29 bits per heavy atom. The van der Waals surface area contributed by atoms with Gasteiger partial charge in [-0.15, -0.1) is 0 Å². The highest BCUT2D eigenvalue weighted by Crippen LogP contribution is 2.49. The van der Waals surface area contributed by atoms with Gasteiger partial charge >= 0.3 is 0 Å². The van der Waals surface area contributed by atoms with Crippen LogP contribution in [0.3, 0.4) is 0 Å². The van der Waals surface area contributed by atoms with Crippen LogP contribution in [0.25, 0.3) is 0 Å². The van der Waals surface area contributed by atoms with Crippen molar-refractivity contribution in [2.75, 3.05) is 7.11 Å². The second-order valence-corrected chi connectivity index (χ2v) is 4.89. The van der Waals surface area contributed by atoms with Crippen LogP contribution in [-0.2, 0) is 4.74 Å². The van der Waals surface area contributed by atoms with Crippen LogP contribution in [0.2, 0.25) is 0 Å². The summed E-state index contributed by atoms with van der Waals surface area (Å²) < 4.78 is 5.58. The molecule has 0 amide bonds. The molecule has 1 N–H and O–H groups in total. The number of nitrogens with one attached hydrogen (secondary N) is 1. The van der Waals surface area contributed by atoms with E-state index in [0.717, 1.165) is 12.1 Å². The molecule has 0 aliphatic heterocycles. The van der Waals surface area contributed by atoms with Crippen molar-refractivity contribution in [3.63, 3.8) is 0 Å². The van der Waals surface area contributed by atoms with Crippen LogP contribution in [0.4, 0.5) is 0 Å². The normalized spacial score (nSPS) is 35.4. The summed E-state index contributed by atoms with van der Waals surface area (Å²) in [4.78, 5) is 0. The summed E-state index contributed by atoms with van der Waals surface area (Å²) in [6.45, 7) is 4.60. The highest BCUT2D eigenvalue weighted by Gasteiger charge is 2.53. The van der Waals surface area contributed by atoms with Gasteiger partial charge in [0.1, 0.15) is 0 Å². The smallest absolute Gasteiger partial charge is 0.0657 e. The molecule has 2 saturated carbocycles. The van der Waals surface area contributed by atoms with Crippen LogP contribution in [0.1, 0.15) is 46.0 Å². The second-order valence-electron chi connectivity index (χ2n) is 4.89. The van der Waals surface area contributed by atoms with Gasteiger partial charge in [-0.3, -0.25) is 0 Å². The molecule has 2 nitrogen and oxygen atoms in total. The molecule has 2 fully saturated rings. The van der Waals surface area contributed by atoms with Crippen LogP contribution >= 0.6 is 0 Å². The third-order valence-electron chi connectivity index (χ3n) is 4.40. The van der Waals surface area contributed by atoms with Gasteiger partial charge in [0.2, 0.25) is 0 Å². The van der Waals surface area contributed by atoms with Gasteiger partial charge in [0.25, 0.3) is 0 Å². The Hall–Kier alpha value is -0.0800. The van der Waals surface area contributed by atoms with Crippen molar-refractivity contribution in [3.8, 4) is 0 Å². The van der Waals surface area contributed by atoms with E-state index in [-0.39, 0.29) is 0 Å². The fourth-order valence-electron chi connectivity index (χ4n) is 3.04. The lowest BCUT2D eigenvalue weighted by Gasteiger charge is -2.55. The summed E-state index contributed by atoms with van der Waals surface area (Å²) in [6.07, 6.45) is 6.97. The topological polar surface area (TPSA) is 21.3 Å². The van der Waals surface area contributed by atoms with Crippen molar-refractivity contribution < 1.29 is 4.74 Å². The summed E-state index contributed by atoms with van der Waals surface area (Å²) in [5.74, 6) is 0.